The van der Waals surface area contributed by atoms with E-state index in [2.05, 4.69) is 40.9 Å². The van der Waals surface area contributed by atoms with Crippen LogP contribution in [0.5, 0.6) is 17.5 Å². The molecule has 2 aromatic heterocycles. The summed E-state index contributed by atoms with van der Waals surface area (Å²) in [5, 5.41) is 0. The van der Waals surface area contributed by atoms with Crippen LogP contribution in [0.15, 0.2) is 55.1 Å². The number of aromatic nitrogens is 3. The largest absolute Gasteiger partial charge is 0.481 e. The van der Waals surface area contributed by atoms with Crippen molar-refractivity contribution in [1.29, 1.82) is 0 Å². The molecule has 0 aliphatic heterocycles. The fourth-order valence-electron chi connectivity index (χ4n) is 2.38. The Balaban J connectivity index is 1.95. The van der Waals surface area contributed by atoms with Crippen molar-refractivity contribution in [3.8, 4) is 28.6 Å². The van der Waals surface area contributed by atoms with E-state index in [9.17, 15) is 0 Å². The third kappa shape index (κ3) is 3.35. The second-order valence-corrected chi connectivity index (χ2v) is 5.63. The first-order chi connectivity index (χ1) is 11.7. The third-order valence-electron chi connectivity index (χ3n) is 3.69. The average molecular weight is 321 g/mol. The van der Waals surface area contributed by atoms with Gasteiger partial charge >= 0.3 is 0 Å². The molecular formula is C19H19N3O2. The van der Waals surface area contributed by atoms with Crippen molar-refractivity contribution in [3.63, 3.8) is 0 Å². The predicted molar refractivity (Wildman–Crippen MR) is 92.4 cm³/mol. The van der Waals surface area contributed by atoms with E-state index in [0.29, 0.717) is 17.7 Å². The van der Waals surface area contributed by atoms with E-state index in [0.717, 1.165) is 16.9 Å². The molecule has 0 N–H and O–H groups in total. The lowest BCUT2D eigenvalue weighted by Crippen LogP contribution is -1.96. The highest BCUT2D eigenvalue weighted by Gasteiger charge is 2.14. The van der Waals surface area contributed by atoms with Crippen LogP contribution in [0.3, 0.4) is 0 Å². The molecule has 24 heavy (non-hydrogen) atoms. The SMILES string of the molecule is COc1ncccc1-c1cncnc1Oc1ccc(C(C)C)cc1. The minimum Gasteiger partial charge on any atom is -0.481 e. The van der Waals surface area contributed by atoms with Gasteiger partial charge in [-0.15, -0.1) is 0 Å². The summed E-state index contributed by atoms with van der Waals surface area (Å²) in [7, 11) is 1.58. The van der Waals surface area contributed by atoms with E-state index in [1.54, 1.807) is 19.5 Å². The fourth-order valence-corrected chi connectivity index (χ4v) is 2.38. The van der Waals surface area contributed by atoms with Gasteiger partial charge in [-0.1, -0.05) is 26.0 Å². The Labute approximate surface area is 141 Å². The van der Waals surface area contributed by atoms with Crippen LogP contribution >= 0.6 is 0 Å². The van der Waals surface area contributed by atoms with Crippen molar-refractivity contribution in [3.05, 3.63) is 60.7 Å². The summed E-state index contributed by atoms with van der Waals surface area (Å²) in [5.41, 5.74) is 2.78. The van der Waals surface area contributed by atoms with Gasteiger partial charge in [0.1, 0.15) is 12.1 Å². The number of rotatable bonds is 5. The van der Waals surface area contributed by atoms with Gasteiger partial charge in [0.25, 0.3) is 0 Å². The van der Waals surface area contributed by atoms with Crippen LogP contribution in [0.25, 0.3) is 11.1 Å². The van der Waals surface area contributed by atoms with Gasteiger partial charge in [0.05, 0.1) is 18.2 Å². The van der Waals surface area contributed by atoms with Crippen LogP contribution < -0.4 is 9.47 Å². The predicted octanol–water partition coefficient (Wildman–Crippen LogP) is 4.46. The molecule has 0 amide bonds. The number of benzene rings is 1. The molecule has 0 aliphatic rings. The van der Waals surface area contributed by atoms with E-state index in [1.165, 1.54) is 11.9 Å². The van der Waals surface area contributed by atoms with E-state index in [-0.39, 0.29) is 0 Å². The van der Waals surface area contributed by atoms with Gasteiger partial charge in [0, 0.05) is 12.4 Å². The summed E-state index contributed by atoms with van der Waals surface area (Å²) >= 11 is 0. The number of pyridine rings is 1. The lowest BCUT2D eigenvalue weighted by atomic mass is 10.0. The maximum Gasteiger partial charge on any atom is 0.230 e. The molecular weight excluding hydrogens is 302 g/mol. The highest BCUT2D eigenvalue weighted by Crippen LogP contribution is 2.35. The van der Waals surface area contributed by atoms with Gasteiger partial charge in [0.2, 0.25) is 11.8 Å². The Kier molecular flexibility index (Phi) is 4.70. The zero-order valence-electron chi connectivity index (χ0n) is 13.9. The number of nitrogens with zero attached hydrogens (tertiary/aromatic N) is 3. The highest BCUT2D eigenvalue weighted by atomic mass is 16.5. The first kappa shape index (κ1) is 15.9. The van der Waals surface area contributed by atoms with Gasteiger partial charge in [-0.3, -0.25) is 0 Å². The van der Waals surface area contributed by atoms with Crippen molar-refractivity contribution in [1.82, 2.24) is 15.0 Å². The molecule has 0 bridgehead atoms. The summed E-state index contributed by atoms with van der Waals surface area (Å²) in [5.74, 6) is 2.18. The molecule has 0 spiro atoms. The van der Waals surface area contributed by atoms with Crippen LogP contribution in [0.4, 0.5) is 0 Å². The summed E-state index contributed by atoms with van der Waals surface area (Å²) in [4.78, 5) is 12.6. The molecule has 3 rings (SSSR count). The Morgan fingerprint density at radius 2 is 1.71 bits per heavy atom. The van der Waals surface area contributed by atoms with E-state index >= 15 is 0 Å². The molecule has 0 fully saturated rings. The monoisotopic (exact) mass is 321 g/mol. The zero-order chi connectivity index (χ0) is 16.9. The maximum atomic E-state index is 5.96. The maximum absolute atomic E-state index is 5.96. The third-order valence-corrected chi connectivity index (χ3v) is 3.69. The Bertz CT molecular complexity index is 817. The number of methoxy groups -OCH3 is 1. The molecule has 0 radical (unpaired) electrons. The van der Waals surface area contributed by atoms with Crippen molar-refractivity contribution in [2.24, 2.45) is 0 Å². The molecule has 0 unspecified atom stereocenters. The van der Waals surface area contributed by atoms with Gasteiger partial charge in [-0.25, -0.2) is 15.0 Å². The molecule has 5 nitrogen and oxygen atoms in total. The summed E-state index contributed by atoms with van der Waals surface area (Å²) in [6.45, 7) is 4.32. The standard InChI is InChI=1S/C19H19N3O2/c1-13(2)14-6-8-15(9-7-14)24-19-17(11-20-12-22-19)16-5-4-10-21-18(16)23-3/h4-13H,1-3H3. The van der Waals surface area contributed by atoms with Crippen LogP contribution in [-0.2, 0) is 0 Å². The van der Waals surface area contributed by atoms with Crippen molar-refractivity contribution in [2.75, 3.05) is 7.11 Å². The topological polar surface area (TPSA) is 57.1 Å². The first-order valence-electron chi connectivity index (χ1n) is 7.76. The van der Waals surface area contributed by atoms with E-state index < -0.39 is 0 Å². The fraction of sp³-hybridized carbons (Fsp3) is 0.211. The van der Waals surface area contributed by atoms with Gasteiger partial charge in [-0.2, -0.15) is 0 Å². The van der Waals surface area contributed by atoms with E-state index in [1.807, 2.05) is 24.3 Å². The minimum atomic E-state index is 0.466. The number of hydrogen-bond acceptors (Lipinski definition) is 5. The molecule has 3 aromatic rings. The van der Waals surface area contributed by atoms with Crippen molar-refractivity contribution >= 4 is 0 Å². The van der Waals surface area contributed by atoms with Gasteiger partial charge in [0.15, 0.2) is 0 Å². The normalized spacial score (nSPS) is 10.7. The van der Waals surface area contributed by atoms with Crippen LogP contribution in [0, 0.1) is 0 Å². The van der Waals surface area contributed by atoms with Crippen LogP contribution in [0.2, 0.25) is 0 Å². The zero-order valence-corrected chi connectivity index (χ0v) is 13.9. The van der Waals surface area contributed by atoms with E-state index in [4.69, 9.17) is 9.47 Å². The van der Waals surface area contributed by atoms with Crippen molar-refractivity contribution in [2.45, 2.75) is 19.8 Å². The minimum absolute atomic E-state index is 0.466. The average Bonchev–Trinajstić information content (AvgIpc) is 2.62. The smallest absolute Gasteiger partial charge is 0.230 e. The first-order valence-corrected chi connectivity index (χ1v) is 7.76. The molecule has 1 aromatic carbocycles. The number of hydrogen-bond donors (Lipinski definition) is 0. The summed E-state index contributed by atoms with van der Waals surface area (Å²) in [6, 6.07) is 11.8. The molecule has 0 aliphatic carbocycles. The van der Waals surface area contributed by atoms with Crippen LogP contribution in [-0.4, -0.2) is 22.1 Å². The van der Waals surface area contributed by atoms with Crippen LogP contribution in [0.1, 0.15) is 25.3 Å². The Morgan fingerprint density at radius 3 is 2.42 bits per heavy atom. The van der Waals surface area contributed by atoms with Crippen molar-refractivity contribution < 1.29 is 9.47 Å². The Morgan fingerprint density at radius 1 is 0.917 bits per heavy atom. The lowest BCUT2D eigenvalue weighted by molar-refractivity contribution is 0.399. The van der Waals surface area contributed by atoms with Gasteiger partial charge in [-0.05, 0) is 35.7 Å². The lowest BCUT2D eigenvalue weighted by Gasteiger charge is -2.12. The summed E-state index contributed by atoms with van der Waals surface area (Å²) < 4.78 is 11.3. The Hall–Kier alpha value is -2.95. The quantitative estimate of drug-likeness (QED) is 0.694. The molecule has 2 heterocycles. The molecule has 0 saturated carbocycles. The van der Waals surface area contributed by atoms with Gasteiger partial charge < -0.3 is 9.47 Å². The summed E-state index contributed by atoms with van der Waals surface area (Å²) in [6.07, 6.45) is 4.84. The highest BCUT2D eigenvalue weighted by molar-refractivity contribution is 5.72. The molecule has 0 saturated heterocycles. The molecule has 122 valence electrons. The molecule has 0 atom stereocenters. The second-order valence-electron chi connectivity index (χ2n) is 5.63. The second kappa shape index (κ2) is 7.08. The molecule has 5 heteroatoms. The number of ether oxygens (including phenoxy) is 2.